The SMILES string of the molecule is CCOC(=O)C1(COc2ccc(F)c3c2CCC(=O)N3Cc2ccc(OC)cc2)CCN(c2ncc(Cl)cc2Cl)CC1. The molecule has 0 spiro atoms. The Kier molecular flexibility index (Phi) is 9.08. The van der Waals surface area contributed by atoms with Gasteiger partial charge in [-0.25, -0.2) is 9.37 Å². The summed E-state index contributed by atoms with van der Waals surface area (Å²) in [5, 5.41) is 0.885. The maximum absolute atomic E-state index is 15.3. The Hall–Kier alpha value is -3.56. The molecule has 0 aliphatic carbocycles. The number of carbonyl (C=O) groups is 2. The molecule has 2 aromatic carbocycles. The van der Waals surface area contributed by atoms with E-state index in [9.17, 15) is 9.59 Å². The number of methoxy groups -OCH3 is 1. The number of aromatic nitrogens is 1. The van der Waals surface area contributed by atoms with Crippen LogP contribution >= 0.6 is 23.2 Å². The Morgan fingerprint density at radius 1 is 1.10 bits per heavy atom. The average molecular weight is 617 g/mol. The topological polar surface area (TPSA) is 81.2 Å². The van der Waals surface area contributed by atoms with Crippen molar-refractivity contribution in [3.63, 3.8) is 0 Å². The molecule has 1 fully saturated rings. The number of anilines is 2. The molecule has 2 aliphatic rings. The molecule has 0 bridgehead atoms. The maximum atomic E-state index is 15.3. The first kappa shape index (κ1) is 29.9. The number of piperidine rings is 1. The Morgan fingerprint density at radius 2 is 1.83 bits per heavy atom. The zero-order valence-corrected chi connectivity index (χ0v) is 25.0. The predicted molar refractivity (Wildman–Crippen MR) is 159 cm³/mol. The molecule has 0 atom stereocenters. The Labute approximate surface area is 254 Å². The molecule has 8 nitrogen and oxygen atoms in total. The molecule has 222 valence electrons. The number of benzene rings is 2. The monoisotopic (exact) mass is 615 g/mol. The van der Waals surface area contributed by atoms with Crippen LogP contribution in [0.3, 0.4) is 0 Å². The van der Waals surface area contributed by atoms with Gasteiger partial charge in [0.2, 0.25) is 5.91 Å². The second kappa shape index (κ2) is 12.8. The minimum Gasteiger partial charge on any atom is -0.497 e. The Balaban J connectivity index is 1.37. The maximum Gasteiger partial charge on any atom is 0.315 e. The second-order valence-corrected chi connectivity index (χ2v) is 11.3. The van der Waals surface area contributed by atoms with Crippen molar-refractivity contribution in [1.82, 2.24) is 4.98 Å². The van der Waals surface area contributed by atoms with Crippen LogP contribution in [0, 0.1) is 11.2 Å². The number of pyridine rings is 1. The lowest BCUT2D eigenvalue weighted by atomic mass is 9.79. The predicted octanol–water partition coefficient (Wildman–Crippen LogP) is 6.24. The summed E-state index contributed by atoms with van der Waals surface area (Å²) in [5.74, 6) is 0.742. The third-order valence-electron chi connectivity index (χ3n) is 7.87. The highest BCUT2D eigenvalue weighted by Gasteiger charge is 2.44. The summed E-state index contributed by atoms with van der Waals surface area (Å²) in [5.41, 5.74) is 0.741. The van der Waals surface area contributed by atoms with E-state index in [-0.39, 0.29) is 43.7 Å². The molecular formula is C31H32Cl2FN3O5. The number of hydrogen-bond donors (Lipinski definition) is 0. The van der Waals surface area contributed by atoms with E-state index in [0.29, 0.717) is 65.3 Å². The summed E-state index contributed by atoms with van der Waals surface area (Å²) in [6, 6.07) is 11.8. The van der Waals surface area contributed by atoms with Crippen LogP contribution < -0.4 is 19.3 Å². The summed E-state index contributed by atoms with van der Waals surface area (Å²) in [6.45, 7) is 3.27. The first-order valence-electron chi connectivity index (χ1n) is 13.9. The molecule has 42 heavy (non-hydrogen) atoms. The number of amides is 1. The number of nitrogens with zero attached hydrogens (tertiary/aromatic N) is 3. The van der Waals surface area contributed by atoms with Gasteiger partial charge >= 0.3 is 5.97 Å². The summed E-state index contributed by atoms with van der Waals surface area (Å²) in [4.78, 5) is 34.1. The number of halogens is 3. The van der Waals surface area contributed by atoms with Gasteiger partial charge in [-0.2, -0.15) is 0 Å². The minimum atomic E-state index is -0.917. The second-order valence-electron chi connectivity index (χ2n) is 10.4. The normalized spacial score (nSPS) is 16.2. The van der Waals surface area contributed by atoms with Gasteiger partial charge in [0.15, 0.2) is 0 Å². The van der Waals surface area contributed by atoms with Gasteiger partial charge < -0.3 is 24.0 Å². The molecule has 1 saturated heterocycles. The summed E-state index contributed by atoms with van der Waals surface area (Å²) < 4.78 is 32.3. The lowest BCUT2D eigenvalue weighted by Crippen LogP contribution is -2.48. The van der Waals surface area contributed by atoms with Crippen molar-refractivity contribution in [3.8, 4) is 11.5 Å². The lowest BCUT2D eigenvalue weighted by Gasteiger charge is -2.40. The fourth-order valence-electron chi connectivity index (χ4n) is 5.52. The third-order valence-corrected chi connectivity index (χ3v) is 8.36. The molecule has 0 unspecified atom stereocenters. The van der Waals surface area contributed by atoms with Crippen molar-refractivity contribution in [2.24, 2.45) is 5.41 Å². The summed E-state index contributed by atoms with van der Waals surface area (Å²) in [6.07, 6.45) is 2.98. The van der Waals surface area contributed by atoms with Crippen molar-refractivity contribution < 1.29 is 28.2 Å². The molecule has 0 saturated carbocycles. The van der Waals surface area contributed by atoms with Crippen LogP contribution in [-0.2, 0) is 27.3 Å². The fourth-order valence-corrected chi connectivity index (χ4v) is 6.02. The van der Waals surface area contributed by atoms with E-state index < -0.39 is 11.2 Å². The molecule has 0 radical (unpaired) electrons. The standard InChI is InChI=1S/C31H32Cl2FN3O5/c1-3-41-30(39)31(12-14-36(15-13-31)29-24(33)16-21(32)17-35-29)19-42-26-10-9-25(34)28-23(26)8-11-27(38)37(28)18-20-4-6-22(40-2)7-5-20/h4-7,9-10,16-17H,3,8,11-15,18-19H2,1-2H3. The van der Waals surface area contributed by atoms with Gasteiger partial charge in [0.05, 0.1) is 36.0 Å². The molecule has 0 N–H and O–H groups in total. The molecule has 11 heteroatoms. The van der Waals surface area contributed by atoms with E-state index in [4.69, 9.17) is 37.4 Å². The van der Waals surface area contributed by atoms with Gasteiger partial charge in [0.25, 0.3) is 0 Å². The van der Waals surface area contributed by atoms with Gasteiger partial charge in [-0.15, -0.1) is 0 Å². The van der Waals surface area contributed by atoms with Crippen molar-refractivity contribution in [2.45, 2.75) is 39.2 Å². The highest BCUT2D eigenvalue weighted by atomic mass is 35.5. The van der Waals surface area contributed by atoms with Crippen LogP contribution in [0.5, 0.6) is 11.5 Å². The minimum absolute atomic E-state index is 0.0476. The van der Waals surface area contributed by atoms with Crippen LogP contribution in [0.4, 0.5) is 15.9 Å². The quantitative estimate of drug-likeness (QED) is 0.263. The number of carbonyl (C=O) groups excluding carboxylic acids is 2. The van der Waals surface area contributed by atoms with Gasteiger partial charge in [-0.05, 0) is 62.1 Å². The number of esters is 1. The van der Waals surface area contributed by atoms with Crippen molar-refractivity contribution in [2.75, 3.05) is 43.2 Å². The van der Waals surface area contributed by atoms with Crippen molar-refractivity contribution in [3.05, 3.63) is 75.7 Å². The van der Waals surface area contributed by atoms with Crippen molar-refractivity contribution in [1.29, 1.82) is 0 Å². The summed E-state index contributed by atoms with van der Waals surface area (Å²) in [7, 11) is 1.58. The molecule has 3 aromatic rings. The zero-order chi connectivity index (χ0) is 29.9. The van der Waals surface area contributed by atoms with Crippen LogP contribution in [-0.4, -0.2) is 50.3 Å². The van der Waals surface area contributed by atoms with E-state index in [1.807, 2.05) is 17.0 Å². The van der Waals surface area contributed by atoms with Crippen LogP contribution in [0.25, 0.3) is 0 Å². The fraction of sp³-hybridized carbons (Fsp3) is 0.387. The van der Waals surface area contributed by atoms with Crippen LogP contribution in [0.15, 0.2) is 48.7 Å². The molecule has 3 heterocycles. The number of fused-ring (bicyclic) bond motifs is 1. The van der Waals surface area contributed by atoms with E-state index >= 15 is 4.39 Å². The molecule has 1 aromatic heterocycles. The Bertz CT molecular complexity index is 1460. The average Bonchev–Trinajstić information content (AvgIpc) is 2.99. The van der Waals surface area contributed by atoms with Gasteiger partial charge in [-0.1, -0.05) is 35.3 Å². The van der Waals surface area contributed by atoms with E-state index in [0.717, 1.165) is 5.56 Å². The lowest BCUT2D eigenvalue weighted by molar-refractivity contribution is -0.159. The van der Waals surface area contributed by atoms with Crippen molar-refractivity contribution >= 4 is 46.6 Å². The number of hydrogen-bond acceptors (Lipinski definition) is 7. The van der Waals surface area contributed by atoms with E-state index in [2.05, 4.69) is 4.98 Å². The van der Waals surface area contributed by atoms with Crippen LogP contribution in [0.2, 0.25) is 10.0 Å². The van der Waals surface area contributed by atoms with Gasteiger partial charge in [0, 0.05) is 31.3 Å². The van der Waals surface area contributed by atoms with Gasteiger partial charge in [0.1, 0.15) is 35.2 Å². The highest BCUT2D eigenvalue weighted by molar-refractivity contribution is 6.36. The zero-order valence-electron chi connectivity index (χ0n) is 23.5. The molecular weight excluding hydrogens is 584 g/mol. The largest absolute Gasteiger partial charge is 0.497 e. The molecule has 2 aliphatic heterocycles. The Morgan fingerprint density at radius 3 is 2.50 bits per heavy atom. The van der Waals surface area contributed by atoms with E-state index in [1.54, 1.807) is 44.5 Å². The van der Waals surface area contributed by atoms with E-state index in [1.165, 1.54) is 11.0 Å². The first-order chi connectivity index (χ1) is 20.2. The first-order valence-corrected chi connectivity index (χ1v) is 14.6. The number of rotatable bonds is 9. The molecule has 1 amide bonds. The summed E-state index contributed by atoms with van der Waals surface area (Å²) >= 11 is 12.4. The highest BCUT2D eigenvalue weighted by Crippen LogP contribution is 2.41. The smallest absolute Gasteiger partial charge is 0.315 e. The van der Waals surface area contributed by atoms with Crippen LogP contribution in [0.1, 0.15) is 37.3 Å². The number of ether oxygens (including phenoxy) is 3. The molecule has 5 rings (SSSR count). The van der Waals surface area contributed by atoms with Gasteiger partial charge in [-0.3, -0.25) is 9.59 Å². The third kappa shape index (κ3) is 6.13.